The number of hydrogen-bond acceptors (Lipinski definition) is 5. The van der Waals surface area contributed by atoms with Gasteiger partial charge in [0.2, 0.25) is 0 Å². The summed E-state index contributed by atoms with van der Waals surface area (Å²) in [7, 11) is 4.06. The van der Waals surface area contributed by atoms with Crippen molar-refractivity contribution in [3.05, 3.63) is 36.2 Å². The van der Waals surface area contributed by atoms with Crippen LogP contribution in [-0.4, -0.2) is 69.0 Å². The van der Waals surface area contributed by atoms with Crippen molar-refractivity contribution in [2.75, 3.05) is 33.3 Å². The molecular formula is C18H27N5O. The summed E-state index contributed by atoms with van der Waals surface area (Å²) in [5.41, 5.74) is 1.05. The van der Waals surface area contributed by atoms with Gasteiger partial charge in [0.1, 0.15) is 5.82 Å². The average molecular weight is 329 g/mol. The van der Waals surface area contributed by atoms with Crippen LogP contribution in [0.25, 0.3) is 11.4 Å². The minimum absolute atomic E-state index is 0.219. The third kappa shape index (κ3) is 4.01. The number of aliphatic hydroxyl groups excluding tert-OH is 1. The maximum Gasteiger partial charge on any atom is 0.181 e. The maximum absolute atomic E-state index is 9.14. The number of aryl methyl sites for hydroxylation is 1. The lowest BCUT2D eigenvalue weighted by Crippen LogP contribution is -2.47. The van der Waals surface area contributed by atoms with E-state index in [2.05, 4.69) is 21.9 Å². The van der Waals surface area contributed by atoms with Crippen molar-refractivity contribution >= 4 is 0 Å². The molecule has 2 aromatic rings. The van der Waals surface area contributed by atoms with E-state index in [4.69, 9.17) is 10.1 Å². The Bertz CT molecular complexity index is 642. The number of piperidine rings is 1. The summed E-state index contributed by atoms with van der Waals surface area (Å²) >= 11 is 0. The smallest absolute Gasteiger partial charge is 0.181 e. The van der Waals surface area contributed by atoms with E-state index in [1.165, 1.54) is 12.8 Å². The zero-order chi connectivity index (χ0) is 16.9. The molecule has 0 aliphatic carbocycles. The van der Waals surface area contributed by atoms with Gasteiger partial charge in [0.15, 0.2) is 5.82 Å². The molecule has 3 rings (SSSR count). The number of aliphatic hydroxyl groups is 1. The van der Waals surface area contributed by atoms with Gasteiger partial charge in [-0.1, -0.05) is 30.3 Å². The Balaban J connectivity index is 1.66. The lowest BCUT2D eigenvalue weighted by molar-refractivity contribution is 0.0949. The molecule has 0 radical (unpaired) electrons. The lowest BCUT2D eigenvalue weighted by Gasteiger charge is -2.37. The first kappa shape index (κ1) is 17.1. The van der Waals surface area contributed by atoms with Gasteiger partial charge in [-0.05, 0) is 26.4 Å². The van der Waals surface area contributed by atoms with E-state index in [-0.39, 0.29) is 6.61 Å². The number of likely N-dealkylation sites (N-methyl/N-ethyl adjacent to an activating group) is 1. The second kappa shape index (κ2) is 7.88. The standard InChI is InChI=1S/C18H27N5O/c1-21(11-12-24)16-9-6-10-23(13-16)14-17-19-18(20-22(17)2)15-7-4-3-5-8-15/h3-5,7-8,16,24H,6,9-14H2,1-2H3. The fourth-order valence-corrected chi connectivity index (χ4v) is 3.34. The molecule has 1 saturated heterocycles. The number of aromatic nitrogens is 3. The van der Waals surface area contributed by atoms with Gasteiger partial charge >= 0.3 is 0 Å². The SMILES string of the molecule is CN(CCO)C1CCCN(Cc2nc(-c3ccccc3)nn2C)C1. The van der Waals surface area contributed by atoms with Crippen molar-refractivity contribution in [2.24, 2.45) is 7.05 Å². The van der Waals surface area contributed by atoms with E-state index in [0.29, 0.717) is 6.04 Å². The number of benzene rings is 1. The molecule has 2 heterocycles. The number of rotatable bonds is 6. The van der Waals surface area contributed by atoms with Crippen molar-refractivity contribution in [1.29, 1.82) is 0 Å². The van der Waals surface area contributed by atoms with Crippen LogP contribution in [0.2, 0.25) is 0 Å². The predicted octanol–water partition coefficient (Wildman–Crippen LogP) is 1.37. The molecule has 24 heavy (non-hydrogen) atoms. The van der Waals surface area contributed by atoms with E-state index in [9.17, 15) is 0 Å². The van der Waals surface area contributed by atoms with Crippen LogP contribution < -0.4 is 0 Å². The Hall–Kier alpha value is -1.76. The van der Waals surface area contributed by atoms with Crippen LogP contribution in [0.1, 0.15) is 18.7 Å². The minimum atomic E-state index is 0.219. The molecule has 6 nitrogen and oxygen atoms in total. The zero-order valence-corrected chi connectivity index (χ0v) is 14.6. The first-order valence-corrected chi connectivity index (χ1v) is 8.66. The maximum atomic E-state index is 9.14. The number of hydrogen-bond donors (Lipinski definition) is 1. The fraction of sp³-hybridized carbons (Fsp3) is 0.556. The highest BCUT2D eigenvalue weighted by Gasteiger charge is 2.24. The molecule has 1 aliphatic heterocycles. The first-order chi connectivity index (χ1) is 11.7. The van der Waals surface area contributed by atoms with Gasteiger partial charge in [-0.25, -0.2) is 4.98 Å². The molecule has 1 aliphatic rings. The van der Waals surface area contributed by atoms with Gasteiger partial charge in [-0.15, -0.1) is 0 Å². The molecule has 1 aromatic carbocycles. The largest absolute Gasteiger partial charge is 0.395 e. The minimum Gasteiger partial charge on any atom is -0.395 e. The van der Waals surface area contributed by atoms with E-state index in [0.717, 1.165) is 43.4 Å². The highest BCUT2D eigenvalue weighted by atomic mass is 16.3. The van der Waals surface area contributed by atoms with Gasteiger partial charge in [0, 0.05) is 31.7 Å². The van der Waals surface area contributed by atoms with Crippen molar-refractivity contribution < 1.29 is 5.11 Å². The molecular weight excluding hydrogens is 302 g/mol. The summed E-state index contributed by atoms with van der Waals surface area (Å²) in [4.78, 5) is 9.44. The van der Waals surface area contributed by atoms with Crippen molar-refractivity contribution in [3.8, 4) is 11.4 Å². The lowest BCUT2D eigenvalue weighted by atomic mass is 10.0. The Morgan fingerprint density at radius 3 is 2.83 bits per heavy atom. The summed E-state index contributed by atoms with van der Waals surface area (Å²) in [6.07, 6.45) is 2.38. The highest BCUT2D eigenvalue weighted by Crippen LogP contribution is 2.19. The molecule has 130 valence electrons. The third-order valence-corrected chi connectivity index (χ3v) is 4.81. The highest BCUT2D eigenvalue weighted by molar-refractivity contribution is 5.53. The second-order valence-electron chi connectivity index (χ2n) is 6.58. The molecule has 0 spiro atoms. The Morgan fingerprint density at radius 1 is 1.29 bits per heavy atom. The van der Waals surface area contributed by atoms with Crippen molar-refractivity contribution in [2.45, 2.75) is 25.4 Å². The summed E-state index contributed by atoms with van der Waals surface area (Å²) in [6, 6.07) is 10.6. The average Bonchev–Trinajstić information content (AvgIpc) is 2.97. The van der Waals surface area contributed by atoms with Gasteiger partial charge in [0.25, 0.3) is 0 Å². The summed E-state index contributed by atoms with van der Waals surface area (Å²) in [6.45, 7) is 3.89. The quantitative estimate of drug-likeness (QED) is 0.867. The third-order valence-electron chi connectivity index (χ3n) is 4.81. The monoisotopic (exact) mass is 329 g/mol. The van der Waals surface area contributed by atoms with E-state index < -0.39 is 0 Å². The van der Waals surface area contributed by atoms with Gasteiger partial charge in [-0.3, -0.25) is 14.5 Å². The normalized spacial score (nSPS) is 19.1. The Kier molecular flexibility index (Phi) is 5.60. The molecule has 1 aromatic heterocycles. The molecule has 6 heteroatoms. The van der Waals surface area contributed by atoms with Crippen LogP contribution in [0.4, 0.5) is 0 Å². The van der Waals surface area contributed by atoms with Gasteiger partial charge < -0.3 is 5.11 Å². The van der Waals surface area contributed by atoms with Crippen molar-refractivity contribution in [3.63, 3.8) is 0 Å². The van der Waals surface area contributed by atoms with E-state index in [1.54, 1.807) is 0 Å². The predicted molar refractivity (Wildman–Crippen MR) is 94.5 cm³/mol. The van der Waals surface area contributed by atoms with Crippen LogP contribution in [-0.2, 0) is 13.6 Å². The molecule has 1 N–H and O–H groups in total. The number of likely N-dealkylation sites (tertiary alicyclic amines) is 1. The van der Waals surface area contributed by atoms with Crippen LogP contribution in [0.3, 0.4) is 0 Å². The van der Waals surface area contributed by atoms with E-state index >= 15 is 0 Å². The summed E-state index contributed by atoms with van der Waals surface area (Å²) < 4.78 is 1.89. The van der Waals surface area contributed by atoms with Crippen LogP contribution in [0, 0.1) is 0 Å². The van der Waals surface area contributed by atoms with Crippen LogP contribution >= 0.6 is 0 Å². The Labute approximate surface area is 143 Å². The first-order valence-electron chi connectivity index (χ1n) is 8.66. The van der Waals surface area contributed by atoms with Gasteiger partial charge in [0.05, 0.1) is 13.2 Å². The summed E-state index contributed by atoms with van der Waals surface area (Å²) in [5.74, 6) is 1.79. The molecule has 0 bridgehead atoms. The zero-order valence-electron chi connectivity index (χ0n) is 14.6. The number of nitrogens with zero attached hydrogens (tertiary/aromatic N) is 5. The van der Waals surface area contributed by atoms with Crippen molar-refractivity contribution in [1.82, 2.24) is 24.6 Å². The van der Waals surface area contributed by atoms with Crippen LogP contribution in [0.15, 0.2) is 30.3 Å². The molecule has 0 amide bonds. The fourth-order valence-electron chi connectivity index (χ4n) is 3.34. The Morgan fingerprint density at radius 2 is 2.08 bits per heavy atom. The van der Waals surface area contributed by atoms with Crippen LogP contribution in [0.5, 0.6) is 0 Å². The second-order valence-corrected chi connectivity index (χ2v) is 6.58. The summed E-state index contributed by atoms with van der Waals surface area (Å²) in [5, 5.41) is 13.7. The molecule has 1 fully saturated rings. The van der Waals surface area contributed by atoms with E-state index in [1.807, 2.05) is 42.1 Å². The molecule has 0 saturated carbocycles. The molecule has 1 unspecified atom stereocenters. The van der Waals surface area contributed by atoms with Gasteiger partial charge in [-0.2, -0.15) is 5.10 Å². The molecule has 1 atom stereocenters. The topological polar surface area (TPSA) is 57.4 Å².